The second-order valence-electron chi connectivity index (χ2n) is 7.59. The van der Waals surface area contributed by atoms with Crippen molar-refractivity contribution in [3.05, 3.63) is 0 Å². The van der Waals surface area contributed by atoms with Crippen LogP contribution in [0.25, 0.3) is 0 Å². The van der Waals surface area contributed by atoms with Crippen LogP contribution in [0.1, 0.15) is 84.0 Å². The summed E-state index contributed by atoms with van der Waals surface area (Å²) in [5.41, 5.74) is 0. The molecule has 1 N–H and O–H groups in total. The van der Waals surface area contributed by atoms with E-state index in [0.717, 1.165) is 39.1 Å². The fraction of sp³-hybridized carbons (Fsp3) is 1.00. The summed E-state index contributed by atoms with van der Waals surface area (Å²) in [4.78, 5) is 0. The van der Waals surface area contributed by atoms with E-state index in [1.165, 1.54) is 51.4 Å². The molecule has 0 aliphatic carbocycles. The van der Waals surface area contributed by atoms with Gasteiger partial charge < -0.3 is 18.9 Å². The highest BCUT2D eigenvalue weighted by atomic mass is 32.3. The van der Waals surface area contributed by atoms with Crippen LogP contribution in [0, 0.1) is 0 Å². The Labute approximate surface area is 190 Å². The molecule has 0 rings (SSSR count). The van der Waals surface area contributed by atoms with Gasteiger partial charge in [-0.05, 0) is 32.1 Å². The summed E-state index contributed by atoms with van der Waals surface area (Å²) < 4.78 is 55.2. The van der Waals surface area contributed by atoms with Crippen LogP contribution in [0.4, 0.5) is 0 Å². The fourth-order valence-electron chi connectivity index (χ4n) is 2.86. The molecular weight excluding hydrogens is 424 g/mol. The minimum atomic E-state index is -4.34. The third kappa shape index (κ3) is 29.7. The maximum Gasteiger partial charge on any atom is 0.397 e. The van der Waals surface area contributed by atoms with Gasteiger partial charge in [-0.15, -0.1) is 0 Å². The first kappa shape index (κ1) is 30.7. The topological polar surface area (TPSA) is 101 Å². The highest BCUT2D eigenvalue weighted by Crippen LogP contribution is 2.08. The molecule has 0 aliphatic heterocycles. The van der Waals surface area contributed by atoms with Gasteiger partial charge in [0.15, 0.2) is 0 Å². The van der Waals surface area contributed by atoms with Crippen LogP contribution < -0.4 is 0 Å². The lowest BCUT2D eigenvalue weighted by Crippen LogP contribution is -2.09. The highest BCUT2D eigenvalue weighted by Gasteiger charge is 2.02. The number of ether oxygens (including phenoxy) is 4. The third-order valence-corrected chi connectivity index (χ3v) is 5.00. The number of hydrogen-bond acceptors (Lipinski definition) is 7. The van der Waals surface area contributed by atoms with E-state index in [4.69, 9.17) is 23.5 Å². The monoisotopic (exact) mass is 470 g/mol. The molecule has 0 aromatic carbocycles. The molecule has 0 spiro atoms. The Bertz CT molecular complexity index is 445. The number of unbranched alkanes of at least 4 members (excludes halogenated alkanes) is 7. The van der Waals surface area contributed by atoms with E-state index in [1.54, 1.807) is 0 Å². The van der Waals surface area contributed by atoms with Gasteiger partial charge in [0, 0.05) is 52.9 Å². The predicted molar refractivity (Wildman–Crippen MR) is 122 cm³/mol. The summed E-state index contributed by atoms with van der Waals surface area (Å²) in [6.07, 6.45) is 13.6. The van der Waals surface area contributed by atoms with E-state index >= 15 is 0 Å². The lowest BCUT2D eigenvalue weighted by molar-refractivity contribution is 0.0525. The van der Waals surface area contributed by atoms with Crippen molar-refractivity contribution in [1.82, 2.24) is 0 Å². The van der Waals surface area contributed by atoms with Crippen molar-refractivity contribution in [2.45, 2.75) is 84.0 Å². The van der Waals surface area contributed by atoms with Crippen molar-refractivity contribution >= 4 is 10.4 Å². The summed E-state index contributed by atoms with van der Waals surface area (Å²) >= 11 is 0. The molecule has 0 atom stereocenters. The number of hydrogen-bond donors (Lipinski definition) is 1. The van der Waals surface area contributed by atoms with Gasteiger partial charge in [0.25, 0.3) is 0 Å². The summed E-state index contributed by atoms with van der Waals surface area (Å²) in [5.74, 6) is 0. The Morgan fingerprint density at radius 2 is 0.806 bits per heavy atom. The van der Waals surface area contributed by atoms with Gasteiger partial charge in [-0.25, -0.2) is 4.18 Å². The molecular formula is C22H46O8S. The highest BCUT2D eigenvalue weighted by molar-refractivity contribution is 7.80. The van der Waals surface area contributed by atoms with Gasteiger partial charge in [0.05, 0.1) is 6.61 Å². The number of rotatable bonds is 26. The Kier molecular flexibility index (Phi) is 24.1. The summed E-state index contributed by atoms with van der Waals surface area (Å²) in [6.45, 7) is 7.44. The van der Waals surface area contributed by atoms with Crippen LogP contribution in [-0.2, 0) is 33.5 Å². The molecule has 8 nitrogen and oxygen atoms in total. The maximum atomic E-state index is 10.3. The van der Waals surface area contributed by atoms with Gasteiger partial charge in [-0.3, -0.25) is 4.55 Å². The van der Waals surface area contributed by atoms with Crippen LogP contribution in [0.2, 0.25) is 0 Å². The molecule has 0 fully saturated rings. The van der Waals surface area contributed by atoms with E-state index < -0.39 is 10.4 Å². The molecule has 31 heavy (non-hydrogen) atoms. The zero-order valence-corrected chi connectivity index (χ0v) is 20.4. The van der Waals surface area contributed by atoms with Crippen molar-refractivity contribution in [2.75, 3.05) is 59.5 Å². The zero-order chi connectivity index (χ0) is 22.9. The van der Waals surface area contributed by atoms with Gasteiger partial charge >= 0.3 is 10.4 Å². The summed E-state index contributed by atoms with van der Waals surface area (Å²) in [6, 6.07) is 0. The van der Waals surface area contributed by atoms with Crippen LogP contribution in [0.15, 0.2) is 0 Å². The average molecular weight is 471 g/mol. The molecule has 0 bridgehead atoms. The molecule has 0 aliphatic rings. The third-order valence-electron chi connectivity index (χ3n) is 4.54. The van der Waals surface area contributed by atoms with Crippen molar-refractivity contribution < 1.29 is 36.1 Å². The Morgan fingerprint density at radius 3 is 1.19 bits per heavy atom. The van der Waals surface area contributed by atoms with E-state index in [9.17, 15) is 8.42 Å². The van der Waals surface area contributed by atoms with Gasteiger partial charge in [0.1, 0.15) is 0 Å². The summed E-state index contributed by atoms with van der Waals surface area (Å²) in [7, 11) is -4.34. The molecule has 0 saturated heterocycles. The summed E-state index contributed by atoms with van der Waals surface area (Å²) in [5, 5.41) is 0. The van der Waals surface area contributed by atoms with Crippen molar-refractivity contribution in [3.63, 3.8) is 0 Å². The Balaban J connectivity index is 3.04. The molecule has 0 unspecified atom stereocenters. The lowest BCUT2D eigenvalue weighted by Gasteiger charge is -2.07. The molecule has 0 aromatic rings. The Hall–Kier alpha value is -0.290. The van der Waals surface area contributed by atoms with E-state index in [1.807, 2.05) is 0 Å². The van der Waals surface area contributed by atoms with E-state index in [0.29, 0.717) is 39.5 Å². The molecule has 0 saturated carbocycles. The minimum absolute atomic E-state index is 0.0826. The molecule has 0 radical (unpaired) electrons. The second-order valence-corrected chi connectivity index (χ2v) is 8.68. The molecule has 0 aromatic heterocycles. The minimum Gasteiger partial charge on any atom is -0.381 e. The quantitative estimate of drug-likeness (QED) is 0.145. The van der Waals surface area contributed by atoms with Crippen molar-refractivity contribution in [2.24, 2.45) is 0 Å². The SMILES string of the molecule is CCCCCCCCCCOCCCOCCCOCCCOCCCOS(=O)(=O)O. The maximum absolute atomic E-state index is 10.3. The first-order valence-corrected chi connectivity index (χ1v) is 13.4. The normalized spacial score (nSPS) is 11.9. The van der Waals surface area contributed by atoms with Crippen molar-refractivity contribution in [3.8, 4) is 0 Å². The molecule has 0 heterocycles. The van der Waals surface area contributed by atoms with Gasteiger partial charge in [0.2, 0.25) is 0 Å². The van der Waals surface area contributed by atoms with E-state index in [2.05, 4.69) is 11.1 Å². The van der Waals surface area contributed by atoms with Crippen LogP contribution >= 0.6 is 0 Å². The zero-order valence-electron chi connectivity index (χ0n) is 19.6. The predicted octanol–water partition coefficient (Wildman–Crippen LogP) is 4.57. The average Bonchev–Trinajstić information content (AvgIpc) is 2.73. The van der Waals surface area contributed by atoms with Gasteiger partial charge in [-0.2, -0.15) is 8.42 Å². The Morgan fingerprint density at radius 1 is 0.484 bits per heavy atom. The van der Waals surface area contributed by atoms with Gasteiger partial charge in [-0.1, -0.05) is 51.9 Å². The van der Waals surface area contributed by atoms with Crippen LogP contribution in [0.3, 0.4) is 0 Å². The molecule has 9 heteroatoms. The van der Waals surface area contributed by atoms with Crippen LogP contribution in [0.5, 0.6) is 0 Å². The lowest BCUT2D eigenvalue weighted by atomic mass is 10.1. The fourth-order valence-corrected chi connectivity index (χ4v) is 3.19. The van der Waals surface area contributed by atoms with E-state index in [-0.39, 0.29) is 6.61 Å². The second kappa shape index (κ2) is 24.4. The largest absolute Gasteiger partial charge is 0.397 e. The molecule has 0 amide bonds. The first-order chi connectivity index (χ1) is 15.1. The van der Waals surface area contributed by atoms with Crippen molar-refractivity contribution in [1.29, 1.82) is 0 Å². The molecule has 188 valence electrons. The first-order valence-electron chi connectivity index (χ1n) is 12.0. The standard InChI is InChI=1S/C22H46O8S/c1-2-3-4-5-6-7-8-9-14-26-15-10-16-27-17-11-18-28-19-12-20-29-21-13-22-30-31(23,24)25/h2-22H2,1H3,(H,23,24,25). The smallest absolute Gasteiger partial charge is 0.381 e. The van der Waals surface area contributed by atoms with Crippen LogP contribution in [-0.4, -0.2) is 72.4 Å².